The van der Waals surface area contributed by atoms with E-state index < -0.39 is 5.91 Å². The van der Waals surface area contributed by atoms with Crippen LogP contribution in [0.5, 0.6) is 5.75 Å². The minimum absolute atomic E-state index is 0.281. The summed E-state index contributed by atoms with van der Waals surface area (Å²) in [5.41, 5.74) is 4.92. The second-order valence-corrected chi connectivity index (χ2v) is 7.85. The lowest BCUT2D eigenvalue weighted by atomic mass is 10.2. The zero-order valence-corrected chi connectivity index (χ0v) is 17.3. The molecule has 1 N–H and O–H groups in total. The molecule has 0 bridgehead atoms. The van der Waals surface area contributed by atoms with E-state index in [2.05, 4.69) is 5.43 Å². The SMILES string of the molecule is COc1ccc(C(=O)NN2C(=O)C(=Cc3ccc(N(C)C)cc3)SC2=S)cc1. The van der Waals surface area contributed by atoms with E-state index in [0.29, 0.717) is 16.2 Å². The molecule has 6 nitrogen and oxygen atoms in total. The first-order valence-electron chi connectivity index (χ1n) is 8.39. The van der Waals surface area contributed by atoms with Gasteiger partial charge in [-0.2, -0.15) is 5.01 Å². The minimum Gasteiger partial charge on any atom is -0.497 e. The van der Waals surface area contributed by atoms with Gasteiger partial charge in [-0.25, -0.2) is 0 Å². The lowest BCUT2D eigenvalue weighted by Crippen LogP contribution is -2.44. The average molecular weight is 414 g/mol. The number of thioether (sulfide) groups is 1. The highest BCUT2D eigenvalue weighted by molar-refractivity contribution is 8.26. The van der Waals surface area contributed by atoms with Gasteiger partial charge in [0.25, 0.3) is 11.8 Å². The standard InChI is InChI=1S/C20H19N3O3S2/c1-22(2)15-8-4-13(5-9-15)12-17-19(25)23(20(27)28-17)21-18(24)14-6-10-16(26-3)11-7-14/h4-12H,1-3H3,(H,21,24). The molecule has 2 amide bonds. The van der Waals surface area contributed by atoms with Gasteiger partial charge in [0.2, 0.25) is 0 Å². The Balaban J connectivity index is 1.72. The number of hydrogen-bond acceptors (Lipinski definition) is 6. The molecular weight excluding hydrogens is 394 g/mol. The van der Waals surface area contributed by atoms with Crippen LogP contribution in [0, 0.1) is 0 Å². The number of amides is 2. The van der Waals surface area contributed by atoms with E-state index in [4.69, 9.17) is 17.0 Å². The summed E-state index contributed by atoms with van der Waals surface area (Å²) in [5.74, 6) is -0.130. The fraction of sp³-hybridized carbons (Fsp3) is 0.150. The number of rotatable bonds is 5. The molecule has 0 unspecified atom stereocenters. The monoisotopic (exact) mass is 413 g/mol. The fourth-order valence-corrected chi connectivity index (χ4v) is 3.67. The zero-order chi connectivity index (χ0) is 20.3. The number of thiocarbonyl (C=S) groups is 1. The molecule has 0 radical (unpaired) electrons. The number of methoxy groups -OCH3 is 1. The summed E-state index contributed by atoms with van der Waals surface area (Å²) in [6.07, 6.45) is 1.76. The van der Waals surface area contributed by atoms with Crippen molar-refractivity contribution in [2.75, 3.05) is 26.1 Å². The van der Waals surface area contributed by atoms with Gasteiger partial charge in [0.05, 0.1) is 12.0 Å². The molecule has 0 aromatic heterocycles. The van der Waals surface area contributed by atoms with Crippen LogP contribution in [0.4, 0.5) is 5.69 Å². The van der Waals surface area contributed by atoms with Crippen LogP contribution in [0.25, 0.3) is 6.08 Å². The first-order valence-corrected chi connectivity index (χ1v) is 9.62. The van der Waals surface area contributed by atoms with E-state index in [0.717, 1.165) is 28.0 Å². The van der Waals surface area contributed by atoms with Crippen molar-refractivity contribution in [2.24, 2.45) is 0 Å². The van der Waals surface area contributed by atoms with Crippen LogP contribution in [0.3, 0.4) is 0 Å². The largest absolute Gasteiger partial charge is 0.497 e. The third-order valence-electron chi connectivity index (χ3n) is 4.07. The Kier molecular flexibility index (Phi) is 6.01. The number of carbonyl (C=O) groups excluding carboxylic acids is 2. The summed E-state index contributed by atoms with van der Waals surface area (Å²) in [5, 5.41) is 1.10. The van der Waals surface area contributed by atoms with Crippen molar-refractivity contribution in [3.8, 4) is 5.75 Å². The van der Waals surface area contributed by atoms with E-state index in [9.17, 15) is 9.59 Å². The highest BCUT2D eigenvalue weighted by atomic mass is 32.2. The predicted molar refractivity (Wildman–Crippen MR) is 116 cm³/mol. The van der Waals surface area contributed by atoms with Crippen LogP contribution >= 0.6 is 24.0 Å². The summed E-state index contributed by atoms with van der Waals surface area (Å²) in [7, 11) is 5.48. The van der Waals surface area contributed by atoms with Crippen molar-refractivity contribution in [3.05, 3.63) is 64.6 Å². The molecular formula is C20H19N3O3S2. The van der Waals surface area contributed by atoms with Crippen molar-refractivity contribution in [1.82, 2.24) is 10.4 Å². The van der Waals surface area contributed by atoms with Gasteiger partial charge in [0, 0.05) is 25.3 Å². The van der Waals surface area contributed by atoms with Gasteiger partial charge in [0.15, 0.2) is 4.32 Å². The van der Waals surface area contributed by atoms with Crippen LogP contribution in [-0.4, -0.2) is 42.3 Å². The lowest BCUT2D eigenvalue weighted by molar-refractivity contribution is -0.123. The Morgan fingerprint density at radius 3 is 2.36 bits per heavy atom. The molecule has 1 fully saturated rings. The van der Waals surface area contributed by atoms with E-state index in [1.807, 2.05) is 43.3 Å². The summed E-state index contributed by atoms with van der Waals surface area (Å²) >= 11 is 6.41. The average Bonchev–Trinajstić information content (AvgIpc) is 2.95. The molecule has 28 heavy (non-hydrogen) atoms. The fourth-order valence-electron chi connectivity index (χ4n) is 2.49. The Hall–Kier alpha value is -2.84. The van der Waals surface area contributed by atoms with Gasteiger partial charge in [-0.05, 0) is 60.3 Å². The normalized spacial score (nSPS) is 15.1. The summed E-state index contributed by atoms with van der Waals surface area (Å²) < 4.78 is 5.36. The topological polar surface area (TPSA) is 61.9 Å². The maximum Gasteiger partial charge on any atom is 0.285 e. The maximum atomic E-state index is 12.7. The van der Waals surface area contributed by atoms with E-state index in [1.165, 1.54) is 0 Å². The van der Waals surface area contributed by atoms with Gasteiger partial charge in [-0.1, -0.05) is 23.9 Å². The molecule has 1 aliphatic heterocycles. The highest BCUT2D eigenvalue weighted by Crippen LogP contribution is 2.31. The molecule has 2 aromatic carbocycles. The van der Waals surface area contributed by atoms with Gasteiger partial charge in [-0.15, -0.1) is 0 Å². The van der Waals surface area contributed by atoms with Gasteiger partial charge in [-0.3, -0.25) is 15.0 Å². The second kappa shape index (κ2) is 8.45. The number of carbonyl (C=O) groups is 2. The maximum absolute atomic E-state index is 12.7. The molecule has 0 spiro atoms. The molecule has 2 aromatic rings. The Bertz CT molecular complexity index is 938. The number of nitrogens with zero attached hydrogens (tertiary/aromatic N) is 2. The van der Waals surface area contributed by atoms with Crippen LogP contribution in [0.1, 0.15) is 15.9 Å². The predicted octanol–water partition coefficient (Wildman–Crippen LogP) is 3.31. The quantitative estimate of drug-likeness (QED) is 0.599. The number of anilines is 1. The van der Waals surface area contributed by atoms with Crippen molar-refractivity contribution in [1.29, 1.82) is 0 Å². The smallest absolute Gasteiger partial charge is 0.285 e. The minimum atomic E-state index is -0.421. The van der Waals surface area contributed by atoms with Crippen molar-refractivity contribution in [3.63, 3.8) is 0 Å². The Morgan fingerprint density at radius 2 is 1.79 bits per heavy atom. The Labute approximate surface area is 173 Å². The molecule has 0 saturated carbocycles. The Morgan fingerprint density at radius 1 is 1.14 bits per heavy atom. The van der Waals surface area contributed by atoms with E-state index in [-0.39, 0.29) is 10.2 Å². The first kappa shape index (κ1) is 19.9. The number of benzene rings is 2. The second-order valence-electron chi connectivity index (χ2n) is 6.17. The zero-order valence-electron chi connectivity index (χ0n) is 15.6. The van der Waals surface area contributed by atoms with Crippen LogP contribution in [0.15, 0.2) is 53.4 Å². The molecule has 0 atom stereocenters. The van der Waals surface area contributed by atoms with Crippen molar-refractivity contribution < 1.29 is 14.3 Å². The van der Waals surface area contributed by atoms with Crippen molar-refractivity contribution in [2.45, 2.75) is 0 Å². The molecule has 1 heterocycles. The molecule has 0 aliphatic carbocycles. The highest BCUT2D eigenvalue weighted by Gasteiger charge is 2.33. The number of hydrazine groups is 1. The number of ether oxygens (including phenoxy) is 1. The van der Waals surface area contributed by atoms with Crippen LogP contribution in [0.2, 0.25) is 0 Å². The summed E-state index contributed by atoms with van der Waals surface area (Å²) in [4.78, 5) is 27.5. The van der Waals surface area contributed by atoms with Gasteiger partial charge >= 0.3 is 0 Å². The summed E-state index contributed by atoms with van der Waals surface area (Å²) in [6, 6.07) is 14.4. The van der Waals surface area contributed by atoms with Gasteiger partial charge < -0.3 is 9.64 Å². The lowest BCUT2D eigenvalue weighted by Gasteiger charge is -2.15. The molecule has 1 aliphatic rings. The molecule has 3 rings (SSSR count). The van der Waals surface area contributed by atoms with E-state index >= 15 is 0 Å². The molecule has 144 valence electrons. The molecule has 1 saturated heterocycles. The third-order valence-corrected chi connectivity index (χ3v) is 5.37. The van der Waals surface area contributed by atoms with Crippen molar-refractivity contribution >= 4 is 51.9 Å². The van der Waals surface area contributed by atoms with Crippen LogP contribution < -0.4 is 15.1 Å². The summed E-state index contributed by atoms with van der Waals surface area (Å²) in [6.45, 7) is 0. The number of nitrogens with one attached hydrogen (secondary N) is 1. The third kappa shape index (κ3) is 4.35. The molecule has 8 heteroatoms. The first-order chi connectivity index (χ1) is 13.4. The number of hydrogen-bond donors (Lipinski definition) is 1. The van der Waals surface area contributed by atoms with E-state index in [1.54, 1.807) is 37.5 Å². The van der Waals surface area contributed by atoms with Gasteiger partial charge in [0.1, 0.15) is 5.75 Å². The van der Waals surface area contributed by atoms with Crippen LogP contribution in [-0.2, 0) is 4.79 Å².